The fourth-order valence-electron chi connectivity index (χ4n) is 1.13. The Hall–Kier alpha value is -1.32. The van der Waals surface area contributed by atoms with E-state index in [4.69, 9.17) is 10.0 Å². The highest BCUT2D eigenvalue weighted by molar-refractivity contribution is 6.38. The molecule has 0 heterocycles. The van der Waals surface area contributed by atoms with Crippen molar-refractivity contribution in [3.8, 4) is 0 Å². The summed E-state index contributed by atoms with van der Waals surface area (Å²) in [6.45, 7) is 5.28. The van der Waals surface area contributed by atoms with Crippen LogP contribution in [0.4, 0.5) is 0 Å². The Kier molecular flexibility index (Phi) is 8.21. The normalized spacial score (nSPS) is 8.31. The lowest BCUT2D eigenvalue weighted by Crippen LogP contribution is -2.00. The van der Waals surface area contributed by atoms with E-state index >= 15 is 0 Å². The zero-order valence-corrected chi connectivity index (χ0v) is 10.1. The number of benzene rings is 2. The second-order valence-electron chi connectivity index (χ2n) is 2.98. The van der Waals surface area contributed by atoms with Crippen LogP contribution in [0.5, 0.6) is 0 Å². The van der Waals surface area contributed by atoms with Crippen molar-refractivity contribution in [2.24, 2.45) is 0 Å². The van der Waals surface area contributed by atoms with E-state index in [1.807, 2.05) is 13.8 Å². The molecule has 0 aliphatic rings. The fraction of sp³-hybridized carbons (Fsp3) is 0.231. The summed E-state index contributed by atoms with van der Waals surface area (Å²) >= 11 is 0. The molecule has 0 radical (unpaired) electrons. The number of hydrogen-bond donors (Lipinski definition) is 2. The third-order valence-electron chi connectivity index (χ3n) is 1.66. The van der Waals surface area contributed by atoms with Gasteiger partial charge in [-0.05, 0) is 17.6 Å². The van der Waals surface area contributed by atoms with E-state index in [-0.39, 0.29) is 0 Å². The van der Waals surface area contributed by atoms with Gasteiger partial charge in [0.15, 0.2) is 0 Å². The highest BCUT2D eigenvalue weighted by Gasteiger charge is 1.86. The van der Waals surface area contributed by atoms with E-state index in [0.29, 0.717) is 0 Å². The molecule has 2 rings (SSSR count). The van der Waals surface area contributed by atoms with Crippen molar-refractivity contribution in [1.82, 2.24) is 0 Å². The molecule has 0 fully saturated rings. The summed E-state index contributed by atoms with van der Waals surface area (Å²) in [6, 6.07) is 16.7. The Balaban J connectivity index is 0.000000323. The van der Waals surface area contributed by atoms with Crippen molar-refractivity contribution in [3.63, 3.8) is 0 Å². The van der Waals surface area contributed by atoms with Crippen LogP contribution in [0.25, 0.3) is 10.8 Å². The van der Waals surface area contributed by atoms with Crippen LogP contribution in [-0.4, -0.2) is 17.2 Å². The SMILES string of the molecule is CB(O)O.CC.c1ccc2ccccc2c1. The van der Waals surface area contributed by atoms with Crippen LogP contribution in [0, 0.1) is 0 Å². The molecule has 0 amide bonds. The largest absolute Gasteiger partial charge is 0.448 e. The van der Waals surface area contributed by atoms with E-state index in [1.165, 1.54) is 17.6 Å². The zero-order chi connectivity index (χ0) is 12.4. The van der Waals surface area contributed by atoms with E-state index < -0.39 is 7.12 Å². The molecular formula is C13H19BO2. The minimum Gasteiger partial charge on any atom is -0.427 e. The first-order valence-electron chi connectivity index (χ1n) is 5.50. The van der Waals surface area contributed by atoms with Gasteiger partial charge in [0, 0.05) is 0 Å². The third-order valence-corrected chi connectivity index (χ3v) is 1.66. The molecule has 3 heteroatoms. The smallest absolute Gasteiger partial charge is 0.427 e. The molecule has 0 aliphatic carbocycles. The van der Waals surface area contributed by atoms with Crippen LogP contribution >= 0.6 is 0 Å². The predicted molar refractivity (Wildman–Crippen MR) is 71.4 cm³/mol. The monoisotopic (exact) mass is 218 g/mol. The molecule has 2 aromatic carbocycles. The van der Waals surface area contributed by atoms with Gasteiger partial charge >= 0.3 is 7.12 Å². The zero-order valence-electron chi connectivity index (χ0n) is 10.1. The van der Waals surface area contributed by atoms with Gasteiger partial charge in [-0.3, -0.25) is 0 Å². The van der Waals surface area contributed by atoms with Gasteiger partial charge in [0.2, 0.25) is 0 Å². The highest BCUT2D eigenvalue weighted by atomic mass is 16.4. The van der Waals surface area contributed by atoms with Crippen LogP contribution in [0.1, 0.15) is 13.8 Å². The molecule has 2 N–H and O–H groups in total. The minimum absolute atomic E-state index is 1.17. The summed E-state index contributed by atoms with van der Waals surface area (Å²) in [4.78, 5) is 0. The molecule has 0 saturated carbocycles. The molecule has 0 atom stereocenters. The van der Waals surface area contributed by atoms with Gasteiger partial charge in [0.1, 0.15) is 0 Å². The van der Waals surface area contributed by atoms with Gasteiger partial charge in [0.05, 0.1) is 0 Å². The molecule has 0 unspecified atom stereocenters. The number of fused-ring (bicyclic) bond motifs is 1. The summed E-state index contributed by atoms with van der Waals surface area (Å²) in [5, 5.41) is 17.8. The van der Waals surface area contributed by atoms with Gasteiger partial charge in [-0.1, -0.05) is 62.4 Å². The van der Waals surface area contributed by atoms with Crippen LogP contribution in [0.15, 0.2) is 48.5 Å². The topological polar surface area (TPSA) is 40.5 Å². The van der Waals surface area contributed by atoms with Crippen LogP contribution < -0.4 is 0 Å². The summed E-state index contributed by atoms with van der Waals surface area (Å²) in [5.41, 5.74) is 0. The fourth-order valence-corrected chi connectivity index (χ4v) is 1.13. The van der Waals surface area contributed by atoms with Gasteiger partial charge in [-0.2, -0.15) is 0 Å². The number of rotatable bonds is 0. The quantitative estimate of drug-likeness (QED) is 0.667. The molecule has 0 aromatic heterocycles. The molecule has 2 nitrogen and oxygen atoms in total. The summed E-state index contributed by atoms with van der Waals surface area (Å²) in [7, 11) is -1.17. The lowest BCUT2D eigenvalue weighted by atomic mass is 9.99. The number of hydrogen-bond acceptors (Lipinski definition) is 2. The molecule has 86 valence electrons. The first-order valence-corrected chi connectivity index (χ1v) is 5.50. The molecule has 2 aromatic rings. The van der Waals surface area contributed by atoms with Crippen LogP contribution in [-0.2, 0) is 0 Å². The Bertz CT molecular complexity index is 320. The van der Waals surface area contributed by atoms with Gasteiger partial charge in [-0.15, -0.1) is 0 Å². The van der Waals surface area contributed by atoms with E-state index in [0.717, 1.165) is 0 Å². The van der Waals surface area contributed by atoms with Crippen molar-refractivity contribution in [2.45, 2.75) is 20.7 Å². The minimum atomic E-state index is -1.17. The molecule has 0 spiro atoms. The molecule has 16 heavy (non-hydrogen) atoms. The maximum Gasteiger partial charge on any atom is 0.448 e. The lowest BCUT2D eigenvalue weighted by molar-refractivity contribution is 0.417. The van der Waals surface area contributed by atoms with Crippen molar-refractivity contribution in [2.75, 3.05) is 0 Å². The average molecular weight is 218 g/mol. The van der Waals surface area contributed by atoms with Gasteiger partial charge in [0.25, 0.3) is 0 Å². The van der Waals surface area contributed by atoms with Crippen LogP contribution in [0.3, 0.4) is 0 Å². The Morgan fingerprint density at radius 1 is 0.750 bits per heavy atom. The van der Waals surface area contributed by atoms with Crippen molar-refractivity contribution in [3.05, 3.63) is 48.5 Å². The maximum atomic E-state index is 7.61. The Morgan fingerprint density at radius 3 is 1.12 bits per heavy atom. The first kappa shape index (κ1) is 14.7. The average Bonchev–Trinajstić information content (AvgIpc) is 2.31. The molecular weight excluding hydrogens is 199 g/mol. The van der Waals surface area contributed by atoms with Crippen molar-refractivity contribution in [1.29, 1.82) is 0 Å². The van der Waals surface area contributed by atoms with Crippen molar-refractivity contribution < 1.29 is 10.0 Å². The molecule has 0 saturated heterocycles. The Labute approximate surface area is 97.7 Å². The second kappa shape index (κ2) is 8.95. The van der Waals surface area contributed by atoms with Gasteiger partial charge < -0.3 is 10.0 Å². The first-order chi connectivity index (χ1) is 7.70. The highest BCUT2D eigenvalue weighted by Crippen LogP contribution is 2.11. The van der Waals surface area contributed by atoms with E-state index in [1.54, 1.807) is 0 Å². The summed E-state index contributed by atoms with van der Waals surface area (Å²) in [6.07, 6.45) is 0. The van der Waals surface area contributed by atoms with E-state index in [2.05, 4.69) is 48.5 Å². The third kappa shape index (κ3) is 6.22. The second-order valence-corrected chi connectivity index (χ2v) is 2.98. The summed E-state index contributed by atoms with van der Waals surface area (Å²) in [5.74, 6) is 0. The van der Waals surface area contributed by atoms with Gasteiger partial charge in [-0.25, -0.2) is 0 Å². The maximum absolute atomic E-state index is 7.61. The van der Waals surface area contributed by atoms with E-state index in [9.17, 15) is 0 Å². The predicted octanol–water partition coefficient (Wildman–Crippen LogP) is 2.96. The van der Waals surface area contributed by atoms with Crippen molar-refractivity contribution >= 4 is 17.9 Å². The molecule has 0 bridgehead atoms. The molecule has 0 aliphatic heterocycles. The summed E-state index contributed by atoms with van der Waals surface area (Å²) < 4.78 is 0. The lowest BCUT2D eigenvalue weighted by Gasteiger charge is -1.92. The van der Waals surface area contributed by atoms with Crippen LogP contribution in [0.2, 0.25) is 6.82 Å². The standard InChI is InChI=1S/C10H8.C2H6.CH5BO2/c1-2-6-10-8-4-3-7-9(10)5-1;1-2;1-2(3)4/h1-8H;1-2H3;3-4H,1H3. The Morgan fingerprint density at radius 2 is 0.938 bits per heavy atom.